The fourth-order valence-electron chi connectivity index (χ4n) is 2.41. The third-order valence-electron chi connectivity index (χ3n) is 3.78. The molecule has 19 heavy (non-hydrogen) atoms. The largest absolute Gasteiger partial charge is 0.480 e. The van der Waals surface area contributed by atoms with Crippen LogP contribution in [0.15, 0.2) is 0 Å². The fraction of sp³-hybridized carbons (Fsp3) is 0.846. The van der Waals surface area contributed by atoms with Crippen molar-refractivity contribution in [3.05, 3.63) is 0 Å². The molecule has 110 valence electrons. The molecule has 0 radical (unpaired) electrons. The molecule has 1 aliphatic heterocycles. The second-order valence-corrected chi connectivity index (χ2v) is 5.41. The van der Waals surface area contributed by atoms with Crippen LogP contribution in [0, 0.1) is 0 Å². The fourth-order valence-corrected chi connectivity index (χ4v) is 2.41. The van der Waals surface area contributed by atoms with Crippen LogP contribution in [-0.2, 0) is 4.79 Å². The van der Waals surface area contributed by atoms with Crippen LogP contribution in [0.25, 0.3) is 0 Å². The first-order valence-corrected chi connectivity index (χ1v) is 6.90. The van der Waals surface area contributed by atoms with Gasteiger partial charge >= 0.3 is 12.0 Å². The van der Waals surface area contributed by atoms with Crippen molar-refractivity contribution in [1.82, 2.24) is 15.5 Å². The van der Waals surface area contributed by atoms with Gasteiger partial charge in [0.1, 0.15) is 5.54 Å². The molecule has 1 rings (SSSR count). The number of aliphatic carboxylic acids is 1. The Hall–Kier alpha value is -1.30. The highest BCUT2D eigenvalue weighted by atomic mass is 16.4. The van der Waals surface area contributed by atoms with Crippen LogP contribution < -0.4 is 10.6 Å². The Bertz CT molecular complexity index is 329. The Balaban J connectivity index is 2.63. The van der Waals surface area contributed by atoms with Gasteiger partial charge in [-0.1, -0.05) is 13.3 Å². The molecule has 0 saturated carbocycles. The molecular formula is C13H25N3O3. The number of carboxylic acids is 1. The maximum absolute atomic E-state index is 12.2. The van der Waals surface area contributed by atoms with E-state index in [0.717, 1.165) is 25.9 Å². The summed E-state index contributed by atoms with van der Waals surface area (Å²) in [5.41, 5.74) is -1.19. The first kappa shape index (κ1) is 15.8. The zero-order valence-corrected chi connectivity index (χ0v) is 12.0. The molecule has 2 amide bonds. The predicted octanol–water partition coefficient (Wildman–Crippen LogP) is 1.02. The average molecular weight is 271 g/mol. The summed E-state index contributed by atoms with van der Waals surface area (Å²) in [6.45, 7) is 5.26. The van der Waals surface area contributed by atoms with E-state index in [9.17, 15) is 14.7 Å². The van der Waals surface area contributed by atoms with Crippen molar-refractivity contribution in [1.29, 1.82) is 0 Å². The zero-order chi connectivity index (χ0) is 14.5. The first-order chi connectivity index (χ1) is 8.90. The van der Waals surface area contributed by atoms with Crippen LogP contribution in [0.5, 0.6) is 0 Å². The lowest BCUT2D eigenvalue weighted by atomic mass is 9.96. The van der Waals surface area contributed by atoms with Gasteiger partial charge in [0, 0.05) is 13.1 Å². The van der Waals surface area contributed by atoms with E-state index in [0.29, 0.717) is 12.8 Å². The Morgan fingerprint density at radius 1 is 1.42 bits per heavy atom. The van der Waals surface area contributed by atoms with Gasteiger partial charge in [-0.2, -0.15) is 0 Å². The van der Waals surface area contributed by atoms with Gasteiger partial charge in [-0.15, -0.1) is 0 Å². The van der Waals surface area contributed by atoms with Crippen molar-refractivity contribution in [2.24, 2.45) is 0 Å². The lowest BCUT2D eigenvalue weighted by Crippen LogP contribution is -2.57. The van der Waals surface area contributed by atoms with Crippen LogP contribution >= 0.6 is 0 Å². The van der Waals surface area contributed by atoms with Gasteiger partial charge < -0.3 is 20.6 Å². The van der Waals surface area contributed by atoms with E-state index in [1.807, 2.05) is 6.92 Å². The number of nitrogens with zero attached hydrogens (tertiary/aromatic N) is 1. The summed E-state index contributed by atoms with van der Waals surface area (Å²) in [4.78, 5) is 25.1. The van der Waals surface area contributed by atoms with Crippen molar-refractivity contribution in [2.75, 3.05) is 20.1 Å². The topological polar surface area (TPSA) is 81.7 Å². The lowest BCUT2D eigenvalue weighted by Gasteiger charge is -2.34. The molecule has 1 saturated heterocycles. The van der Waals surface area contributed by atoms with E-state index in [2.05, 4.69) is 10.6 Å². The highest BCUT2D eigenvalue weighted by molar-refractivity contribution is 5.85. The molecule has 1 fully saturated rings. The minimum atomic E-state index is -1.19. The molecule has 6 heteroatoms. The van der Waals surface area contributed by atoms with Crippen LogP contribution in [-0.4, -0.2) is 53.7 Å². The molecule has 0 bridgehead atoms. The Kier molecular flexibility index (Phi) is 5.60. The highest BCUT2D eigenvalue weighted by Crippen LogP contribution is 2.15. The molecule has 6 nitrogen and oxygen atoms in total. The summed E-state index contributed by atoms with van der Waals surface area (Å²) in [6, 6.07) is -0.119. The number of piperidine rings is 1. The highest BCUT2D eigenvalue weighted by Gasteiger charge is 2.35. The Morgan fingerprint density at radius 2 is 2.00 bits per heavy atom. The molecule has 0 aliphatic carbocycles. The first-order valence-electron chi connectivity index (χ1n) is 6.90. The normalized spacial score (nSPS) is 19.5. The van der Waals surface area contributed by atoms with Crippen LogP contribution in [0.2, 0.25) is 0 Å². The SMILES string of the molecule is CCCC(C)(NC(=O)N(C)C1CCNCC1)C(=O)O. The maximum atomic E-state index is 12.2. The smallest absolute Gasteiger partial charge is 0.329 e. The summed E-state index contributed by atoms with van der Waals surface area (Å²) < 4.78 is 0. The van der Waals surface area contributed by atoms with Gasteiger partial charge in [0.25, 0.3) is 0 Å². The zero-order valence-electron chi connectivity index (χ0n) is 12.0. The summed E-state index contributed by atoms with van der Waals surface area (Å²) in [5.74, 6) is -0.985. The van der Waals surface area contributed by atoms with Crippen LogP contribution in [0.4, 0.5) is 4.79 Å². The number of carbonyl (C=O) groups is 2. The van der Waals surface area contributed by atoms with E-state index in [-0.39, 0.29) is 12.1 Å². The van der Waals surface area contributed by atoms with E-state index in [1.165, 1.54) is 0 Å². The van der Waals surface area contributed by atoms with Crippen molar-refractivity contribution in [3.63, 3.8) is 0 Å². The minimum Gasteiger partial charge on any atom is -0.480 e. The molecule has 0 aromatic carbocycles. The minimum absolute atomic E-state index is 0.181. The Labute approximate surface area is 114 Å². The molecular weight excluding hydrogens is 246 g/mol. The number of carbonyl (C=O) groups excluding carboxylic acids is 1. The predicted molar refractivity (Wildman–Crippen MR) is 73.1 cm³/mol. The number of hydrogen-bond donors (Lipinski definition) is 3. The number of amides is 2. The number of carboxylic acid groups (broad SMARTS) is 1. The molecule has 0 spiro atoms. The molecule has 0 aromatic rings. The molecule has 1 aliphatic rings. The Morgan fingerprint density at radius 3 is 2.47 bits per heavy atom. The van der Waals surface area contributed by atoms with Gasteiger partial charge in [0.2, 0.25) is 0 Å². The van der Waals surface area contributed by atoms with Gasteiger partial charge in [0.05, 0.1) is 0 Å². The molecule has 1 unspecified atom stereocenters. The summed E-state index contributed by atoms with van der Waals surface area (Å²) >= 11 is 0. The average Bonchev–Trinajstić information content (AvgIpc) is 2.38. The summed E-state index contributed by atoms with van der Waals surface area (Å²) in [5, 5.41) is 15.2. The number of nitrogens with one attached hydrogen (secondary N) is 2. The van der Waals surface area contributed by atoms with E-state index >= 15 is 0 Å². The number of urea groups is 1. The second kappa shape index (κ2) is 6.75. The number of hydrogen-bond acceptors (Lipinski definition) is 3. The van der Waals surface area contributed by atoms with Crippen LogP contribution in [0.1, 0.15) is 39.5 Å². The van der Waals surface area contributed by atoms with Gasteiger partial charge in [0.15, 0.2) is 0 Å². The van der Waals surface area contributed by atoms with Gasteiger partial charge in [-0.05, 0) is 39.3 Å². The van der Waals surface area contributed by atoms with Gasteiger partial charge in [-0.3, -0.25) is 0 Å². The standard InChI is InChI=1S/C13H25N3O3/c1-4-7-13(2,11(17)18)15-12(19)16(3)10-5-8-14-9-6-10/h10,14H,4-9H2,1-3H3,(H,15,19)(H,17,18). The monoisotopic (exact) mass is 271 g/mol. The quantitative estimate of drug-likeness (QED) is 0.697. The van der Waals surface area contributed by atoms with Gasteiger partial charge in [-0.25, -0.2) is 9.59 Å². The van der Waals surface area contributed by atoms with E-state index in [1.54, 1.807) is 18.9 Å². The van der Waals surface area contributed by atoms with E-state index in [4.69, 9.17) is 0 Å². The van der Waals surface area contributed by atoms with E-state index < -0.39 is 11.5 Å². The third-order valence-corrected chi connectivity index (χ3v) is 3.78. The summed E-state index contributed by atoms with van der Waals surface area (Å²) in [7, 11) is 1.74. The van der Waals surface area contributed by atoms with Crippen molar-refractivity contribution >= 4 is 12.0 Å². The van der Waals surface area contributed by atoms with Crippen molar-refractivity contribution in [3.8, 4) is 0 Å². The maximum Gasteiger partial charge on any atom is 0.329 e. The third kappa shape index (κ3) is 4.09. The lowest BCUT2D eigenvalue weighted by molar-refractivity contribution is -0.144. The van der Waals surface area contributed by atoms with Crippen molar-refractivity contribution in [2.45, 2.75) is 51.1 Å². The molecule has 0 aromatic heterocycles. The molecule has 3 N–H and O–H groups in total. The second-order valence-electron chi connectivity index (χ2n) is 5.41. The van der Waals surface area contributed by atoms with Crippen LogP contribution in [0.3, 0.4) is 0 Å². The molecule has 1 heterocycles. The van der Waals surface area contributed by atoms with Crippen molar-refractivity contribution < 1.29 is 14.7 Å². The summed E-state index contributed by atoms with van der Waals surface area (Å²) in [6.07, 6.45) is 2.94. The molecule has 1 atom stereocenters. The number of rotatable bonds is 5.